The number of carbonyl (C=O) groups excluding carboxylic acids is 2. The topological polar surface area (TPSA) is 161 Å². The molecule has 38 heavy (non-hydrogen) atoms. The second-order valence-electron chi connectivity index (χ2n) is 8.38. The number of hydrogen-bond acceptors (Lipinski definition) is 8. The Bertz CT molecular complexity index is 1280. The van der Waals surface area contributed by atoms with Gasteiger partial charge in [-0.15, -0.1) is 0 Å². The van der Waals surface area contributed by atoms with Crippen LogP contribution in [0, 0.1) is 5.41 Å². The van der Waals surface area contributed by atoms with E-state index < -0.39 is 17.9 Å². The smallest absolute Gasteiger partial charge is 0.275 e. The summed E-state index contributed by atoms with van der Waals surface area (Å²) in [6, 6.07) is 14.1. The molecule has 0 bridgehead atoms. The van der Waals surface area contributed by atoms with Crippen molar-refractivity contribution in [2.75, 3.05) is 19.0 Å². The molecule has 3 aromatic rings. The number of nitrogens with two attached hydrogens (primary N) is 1. The SMILES string of the molecule is CCOc1cc(C(Nc2ccc(C(=N)N)cc2)C(=O)NNC(=O)c2cccnc2OC)ccc1OC(C)C. The molecule has 0 aliphatic heterocycles. The number of amidine groups is 1. The van der Waals surface area contributed by atoms with E-state index in [0.29, 0.717) is 34.9 Å². The summed E-state index contributed by atoms with van der Waals surface area (Å²) in [7, 11) is 1.40. The minimum absolute atomic E-state index is 0.0681. The lowest BCUT2D eigenvalue weighted by Gasteiger charge is -2.22. The Morgan fingerprint density at radius 1 is 1.05 bits per heavy atom. The van der Waals surface area contributed by atoms with E-state index in [9.17, 15) is 9.59 Å². The number of ether oxygens (including phenoxy) is 3. The molecule has 0 saturated heterocycles. The molecule has 0 radical (unpaired) electrons. The van der Waals surface area contributed by atoms with Crippen LogP contribution in [0.3, 0.4) is 0 Å². The number of pyridine rings is 1. The first-order valence-corrected chi connectivity index (χ1v) is 12.0. The van der Waals surface area contributed by atoms with E-state index in [0.717, 1.165) is 0 Å². The molecule has 0 fully saturated rings. The summed E-state index contributed by atoms with van der Waals surface area (Å²) in [5, 5.41) is 10.8. The van der Waals surface area contributed by atoms with Crippen LogP contribution in [0.4, 0.5) is 5.69 Å². The first-order valence-electron chi connectivity index (χ1n) is 12.0. The van der Waals surface area contributed by atoms with Crippen LogP contribution >= 0.6 is 0 Å². The van der Waals surface area contributed by atoms with Crippen molar-refractivity contribution >= 4 is 23.3 Å². The van der Waals surface area contributed by atoms with Crippen molar-refractivity contribution in [2.45, 2.75) is 32.9 Å². The van der Waals surface area contributed by atoms with Crippen molar-refractivity contribution in [3.05, 3.63) is 77.5 Å². The largest absolute Gasteiger partial charge is 0.490 e. The molecule has 0 spiro atoms. The fourth-order valence-electron chi connectivity index (χ4n) is 3.52. The van der Waals surface area contributed by atoms with E-state index in [1.807, 2.05) is 20.8 Å². The minimum Gasteiger partial charge on any atom is -0.490 e. The second kappa shape index (κ2) is 12.9. The standard InChI is InChI=1S/C27H32N6O5/c1-5-37-22-15-18(10-13-21(22)38-16(2)3)23(31-19-11-8-17(9-12-19)24(28)29)26(35)33-32-25(34)20-7-6-14-30-27(20)36-4/h6-16,23,31H,5H2,1-4H3,(H3,28,29)(H,32,34)(H,33,35). The molecule has 0 saturated carbocycles. The third-order valence-electron chi connectivity index (χ3n) is 5.24. The first kappa shape index (κ1) is 27.8. The van der Waals surface area contributed by atoms with Gasteiger partial charge in [-0.1, -0.05) is 6.07 Å². The lowest BCUT2D eigenvalue weighted by molar-refractivity contribution is -0.122. The van der Waals surface area contributed by atoms with Gasteiger partial charge in [0.2, 0.25) is 5.88 Å². The summed E-state index contributed by atoms with van der Waals surface area (Å²) < 4.78 is 16.7. The number of anilines is 1. The molecule has 6 N–H and O–H groups in total. The zero-order chi connectivity index (χ0) is 27.7. The van der Waals surface area contributed by atoms with Gasteiger partial charge in [0, 0.05) is 17.4 Å². The van der Waals surface area contributed by atoms with Gasteiger partial charge in [0.05, 0.1) is 19.8 Å². The van der Waals surface area contributed by atoms with Crippen LogP contribution in [0.25, 0.3) is 0 Å². The molecule has 2 aromatic carbocycles. The van der Waals surface area contributed by atoms with Crippen molar-refractivity contribution in [1.82, 2.24) is 15.8 Å². The third kappa shape index (κ3) is 7.12. The number of benzene rings is 2. The quantitative estimate of drug-likeness (QED) is 0.146. The van der Waals surface area contributed by atoms with Crippen LogP contribution in [0.1, 0.15) is 48.3 Å². The van der Waals surface area contributed by atoms with Crippen molar-refractivity contribution in [3.8, 4) is 17.4 Å². The highest BCUT2D eigenvalue weighted by molar-refractivity contribution is 5.98. The zero-order valence-corrected chi connectivity index (χ0v) is 21.7. The number of nitrogens with zero attached hydrogens (tertiary/aromatic N) is 1. The van der Waals surface area contributed by atoms with E-state index in [1.54, 1.807) is 48.5 Å². The van der Waals surface area contributed by atoms with Crippen LogP contribution in [0.15, 0.2) is 60.8 Å². The Morgan fingerprint density at radius 3 is 2.42 bits per heavy atom. The molecule has 1 aromatic heterocycles. The van der Waals surface area contributed by atoms with Crippen LogP contribution in [-0.4, -0.2) is 42.5 Å². The molecule has 0 aliphatic carbocycles. The summed E-state index contributed by atoms with van der Waals surface area (Å²) in [6.45, 7) is 6.07. The number of methoxy groups -OCH3 is 1. The number of nitrogens with one attached hydrogen (secondary N) is 4. The number of nitrogen functional groups attached to an aromatic ring is 1. The maximum atomic E-state index is 13.4. The zero-order valence-electron chi connectivity index (χ0n) is 21.7. The van der Waals surface area contributed by atoms with Gasteiger partial charge < -0.3 is 25.3 Å². The number of amides is 2. The average molecular weight is 521 g/mol. The molecule has 1 heterocycles. The highest BCUT2D eigenvalue weighted by Gasteiger charge is 2.24. The van der Waals surface area contributed by atoms with E-state index in [2.05, 4.69) is 21.2 Å². The number of aromatic nitrogens is 1. The van der Waals surface area contributed by atoms with Crippen molar-refractivity contribution in [2.24, 2.45) is 5.73 Å². The van der Waals surface area contributed by atoms with Crippen LogP contribution < -0.4 is 36.1 Å². The first-order chi connectivity index (χ1) is 18.2. The van der Waals surface area contributed by atoms with E-state index in [1.165, 1.54) is 19.4 Å². The molecular weight excluding hydrogens is 488 g/mol. The molecule has 0 aliphatic rings. The number of rotatable bonds is 11. The molecule has 1 unspecified atom stereocenters. The molecule has 200 valence electrons. The van der Waals surface area contributed by atoms with Crippen molar-refractivity contribution < 1.29 is 23.8 Å². The Labute approximate surface area is 221 Å². The predicted octanol–water partition coefficient (Wildman–Crippen LogP) is 3.17. The summed E-state index contributed by atoms with van der Waals surface area (Å²) in [6.07, 6.45) is 1.42. The maximum Gasteiger partial charge on any atom is 0.275 e. The Kier molecular flexibility index (Phi) is 9.47. The lowest BCUT2D eigenvalue weighted by atomic mass is 10.0. The summed E-state index contributed by atoms with van der Waals surface area (Å²) in [5.41, 5.74) is 12.3. The summed E-state index contributed by atoms with van der Waals surface area (Å²) in [4.78, 5) is 30.1. The third-order valence-corrected chi connectivity index (χ3v) is 5.24. The van der Waals surface area contributed by atoms with Gasteiger partial charge in [0.1, 0.15) is 17.4 Å². The maximum absolute atomic E-state index is 13.4. The second-order valence-corrected chi connectivity index (χ2v) is 8.38. The van der Waals surface area contributed by atoms with Gasteiger partial charge in [-0.05, 0) is 74.9 Å². The lowest BCUT2D eigenvalue weighted by Crippen LogP contribution is -2.45. The Morgan fingerprint density at radius 2 is 1.79 bits per heavy atom. The van der Waals surface area contributed by atoms with Crippen LogP contribution in [0.2, 0.25) is 0 Å². The van der Waals surface area contributed by atoms with E-state index in [-0.39, 0.29) is 23.4 Å². The fraction of sp³-hybridized carbons (Fsp3) is 0.259. The van der Waals surface area contributed by atoms with Crippen molar-refractivity contribution in [1.29, 1.82) is 5.41 Å². The molecule has 3 rings (SSSR count). The molecule has 2 amide bonds. The fourth-order valence-corrected chi connectivity index (χ4v) is 3.52. The number of carbonyl (C=O) groups is 2. The molecular formula is C27H32N6O5. The Hall–Kier alpha value is -4.80. The predicted molar refractivity (Wildman–Crippen MR) is 144 cm³/mol. The average Bonchev–Trinajstić information content (AvgIpc) is 2.91. The van der Waals surface area contributed by atoms with Gasteiger partial charge in [-0.25, -0.2) is 4.98 Å². The van der Waals surface area contributed by atoms with Gasteiger partial charge in [0.25, 0.3) is 11.8 Å². The highest BCUT2D eigenvalue weighted by Crippen LogP contribution is 2.33. The van der Waals surface area contributed by atoms with E-state index >= 15 is 0 Å². The van der Waals surface area contributed by atoms with Gasteiger partial charge in [-0.3, -0.25) is 25.8 Å². The van der Waals surface area contributed by atoms with Crippen LogP contribution in [-0.2, 0) is 4.79 Å². The van der Waals surface area contributed by atoms with Crippen LogP contribution in [0.5, 0.6) is 17.4 Å². The monoisotopic (exact) mass is 520 g/mol. The molecule has 11 heteroatoms. The number of hydrazine groups is 1. The summed E-state index contributed by atoms with van der Waals surface area (Å²) in [5.74, 6) is -0.0506. The van der Waals surface area contributed by atoms with E-state index in [4.69, 9.17) is 25.4 Å². The van der Waals surface area contributed by atoms with Gasteiger partial charge in [0.15, 0.2) is 11.5 Å². The normalized spacial score (nSPS) is 11.3. The number of hydrogen-bond donors (Lipinski definition) is 5. The molecule has 11 nitrogen and oxygen atoms in total. The minimum atomic E-state index is -0.943. The van der Waals surface area contributed by atoms with Gasteiger partial charge in [-0.2, -0.15) is 0 Å². The van der Waals surface area contributed by atoms with Gasteiger partial charge >= 0.3 is 0 Å². The van der Waals surface area contributed by atoms with Crippen molar-refractivity contribution in [3.63, 3.8) is 0 Å². The Balaban J connectivity index is 1.90. The molecule has 1 atom stereocenters. The summed E-state index contributed by atoms with van der Waals surface area (Å²) >= 11 is 0. The highest BCUT2D eigenvalue weighted by atomic mass is 16.5.